The summed E-state index contributed by atoms with van der Waals surface area (Å²) in [6.45, 7) is 8.86. The van der Waals surface area contributed by atoms with Crippen LogP contribution in [-0.4, -0.2) is 21.7 Å². The zero-order valence-corrected chi connectivity index (χ0v) is 10.5. The maximum Gasteiger partial charge on any atom is 0.222 e. The summed E-state index contributed by atoms with van der Waals surface area (Å²) in [6, 6.07) is 0.229. The normalized spacial score (nSPS) is 12.8. The van der Waals surface area contributed by atoms with E-state index in [0.717, 1.165) is 5.56 Å². The van der Waals surface area contributed by atoms with Gasteiger partial charge in [-0.15, -0.1) is 0 Å². The first-order chi connectivity index (χ1) is 7.49. The van der Waals surface area contributed by atoms with Crippen molar-refractivity contribution in [3.8, 4) is 0 Å². The average molecular weight is 223 g/mol. The van der Waals surface area contributed by atoms with Crippen LogP contribution in [0, 0.1) is 12.8 Å². The van der Waals surface area contributed by atoms with Crippen LogP contribution in [-0.2, 0) is 11.3 Å². The van der Waals surface area contributed by atoms with E-state index in [9.17, 15) is 4.79 Å². The molecule has 1 heterocycles. The van der Waals surface area contributed by atoms with Crippen LogP contribution in [0.1, 0.15) is 32.8 Å². The molecule has 4 nitrogen and oxygen atoms in total. The number of nitrogens with one attached hydrogen (secondary N) is 1. The molecule has 0 radical (unpaired) electrons. The molecule has 1 atom stereocenters. The van der Waals surface area contributed by atoms with Gasteiger partial charge in [-0.1, -0.05) is 13.8 Å². The molecular formula is C12H21N3O. The Labute approximate surface area is 97.0 Å². The van der Waals surface area contributed by atoms with Gasteiger partial charge in [-0.3, -0.25) is 9.48 Å². The topological polar surface area (TPSA) is 46.9 Å². The quantitative estimate of drug-likeness (QED) is 0.826. The van der Waals surface area contributed by atoms with Crippen molar-refractivity contribution in [1.29, 1.82) is 0 Å². The molecule has 90 valence electrons. The van der Waals surface area contributed by atoms with E-state index < -0.39 is 0 Å². The molecule has 1 rings (SSSR count). The van der Waals surface area contributed by atoms with Gasteiger partial charge in [0.2, 0.25) is 5.91 Å². The second kappa shape index (κ2) is 5.68. The largest absolute Gasteiger partial charge is 0.353 e. The molecule has 4 heteroatoms. The molecule has 1 unspecified atom stereocenters. The molecule has 1 N–H and O–H groups in total. The SMILES string of the molecule is Cc1cnn(CCC(=O)NC(C)C(C)C)c1. The molecule has 0 aliphatic heterocycles. The van der Waals surface area contributed by atoms with Crippen LogP contribution in [0.4, 0.5) is 0 Å². The third-order valence-corrected chi connectivity index (χ3v) is 2.72. The molecule has 1 amide bonds. The van der Waals surface area contributed by atoms with Crippen molar-refractivity contribution in [3.63, 3.8) is 0 Å². The molecule has 16 heavy (non-hydrogen) atoms. The van der Waals surface area contributed by atoms with E-state index in [1.54, 1.807) is 10.9 Å². The number of carbonyl (C=O) groups excluding carboxylic acids is 1. The molecule has 0 spiro atoms. The first-order valence-electron chi connectivity index (χ1n) is 5.77. The minimum atomic E-state index is 0.0920. The second-order valence-corrected chi connectivity index (χ2v) is 4.63. The predicted octanol–water partition coefficient (Wildman–Crippen LogP) is 1.74. The fourth-order valence-corrected chi connectivity index (χ4v) is 1.30. The van der Waals surface area contributed by atoms with Crippen LogP contribution in [0.3, 0.4) is 0 Å². The Morgan fingerprint density at radius 2 is 2.19 bits per heavy atom. The zero-order valence-electron chi connectivity index (χ0n) is 10.5. The van der Waals surface area contributed by atoms with Gasteiger partial charge in [-0.05, 0) is 25.3 Å². The molecule has 0 fully saturated rings. The number of amides is 1. The van der Waals surface area contributed by atoms with Crippen molar-refractivity contribution < 1.29 is 4.79 Å². The summed E-state index contributed by atoms with van der Waals surface area (Å²) in [5.41, 5.74) is 1.12. The summed E-state index contributed by atoms with van der Waals surface area (Å²) < 4.78 is 1.80. The number of aryl methyl sites for hydroxylation is 2. The Balaban J connectivity index is 2.30. The van der Waals surface area contributed by atoms with Crippen LogP contribution < -0.4 is 5.32 Å². The monoisotopic (exact) mass is 223 g/mol. The van der Waals surface area contributed by atoms with Crippen molar-refractivity contribution in [2.75, 3.05) is 0 Å². The number of hydrogen-bond acceptors (Lipinski definition) is 2. The number of nitrogens with zero attached hydrogens (tertiary/aromatic N) is 2. The highest BCUT2D eigenvalue weighted by Crippen LogP contribution is 2.01. The number of aromatic nitrogens is 2. The standard InChI is InChI=1S/C12H21N3O/c1-9(2)11(4)14-12(16)5-6-15-8-10(3)7-13-15/h7-9,11H,5-6H2,1-4H3,(H,14,16). The Kier molecular flexibility index (Phi) is 4.52. The van der Waals surface area contributed by atoms with Gasteiger partial charge in [0.05, 0.1) is 6.20 Å². The molecule has 1 aromatic rings. The molecule has 0 bridgehead atoms. The molecule has 0 aliphatic carbocycles. The van der Waals surface area contributed by atoms with Crippen LogP contribution in [0.15, 0.2) is 12.4 Å². The highest BCUT2D eigenvalue weighted by Gasteiger charge is 2.10. The fraction of sp³-hybridized carbons (Fsp3) is 0.667. The number of hydrogen-bond donors (Lipinski definition) is 1. The van der Waals surface area contributed by atoms with E-state index in [4.69, 9.17) is 0 Å². The predicted molar refractivity (Wildman–Crippen MR) is 64.0 cm³/mol. The van der Waals surface area contributed by atoms with Gasteiger partial charge in [0.15, 0.2) is 0 Å². The van der Waals surface area contributed by atoms with Crippen molar-refractivity contribution >= 4 is 5.91 Å². The van der Waals surface area contributed by atoms with E-state index >= 15 is 0 Å². The lowest BCUT2D eigenvalue weighted by Gasteiger charge is -2.17. The maximum absolute atomic E-state index is 11.6. The van der Waals surface area contributed by atoms with Crippen molar-refractivity contribution in [2.24, 2.45) is 5.92 Å². The van der Waals surface area contributed by atoms with Gasteiger partial charge < -0.3 is 5.32 Å². The van der Waals surface area contributed by atoms with E-state index in [1.165, 1.54) is 0 Å². The minimum Gasteiger partial charge on any atom is -0.353 e. The zero-order chi connectivity index (χ0) is 12.1. The highest BCUT2D eigenvalue weighted by atomic mass is 16.1. The lowest BCUT2D eigenvalue weighted by atomic mass is 10.1. The van der Waals surface area contributed by atoms with E-state index in [0.29, 0.717) is 18.9 Å². The summed E-state index contributed by atoms with van der Waals surface area (Å²) in [5, 5.41) is 7.11. The first kappa shape index (κ1) is 12.7. The van der Waals surface area contributed by atoms with Gasteiger partial charge in [-0.25, -0.2) is 0 Å². The van der Waals surface area contributed by atoms with E-state index in [-0.39, 0.29) is 11.9 Å². The third kappa shape index (κ3) is 4.04. The van der Waals surface area contributed by atoms with Gasteiger partial charge in [-0.2, -0.15) is 5.10 Å². The second-order valence-electron chi connectivity index (χ2n) is 4.63. The number of rotatable bonds is 5. The van der Waals surface area contributed by atoms with Crippen LogP contribution in [0.25, 0.3) is 0 Å². The molecule has 0 saturated heterocycles. The Morgan fingerprint density at radius 3 is 2.69 bits per heavy atom. The summed E-state index contributed by atoms with van der Waals surface area (Å²) >= 11 is 0. The minimum absolute atomic E-state index is 0.0920. The Bertz CT molecular complexity index is 344. The smallest absolute Gasteiger partial charge is 0.222 e. The summed E-state index contributed by atoms with van der Waals surface area (Å²) in [7, 11) is 0. The van der Waals surface area contributed by atoms with Gasteiger partial charge in [0.1, 0.15) is 0 Å². The Morgan fingerprint density at radius 1 is 1.50 bits per heavy atom. The van der Waals surface area contributed by atoms with E-state index in [1.807, 2.05) is 20.0 Å². The van der Waals surface area contributed by atoms with E-state index in [2.05, 4.69) is 24.3 Å². The lowest BCUT2D eigenvalue weighted by molar-refractivity contribution is -0.122. The molecule has 0 saturated carbocycles. The van der Waals surface area contributed by atoms with Crippen LogP contribution >= 0.6 is 0 Å². The van der Waals surface area contributed by atoms with Crippen molar-refractivity contribution in [1.82, 2.24) is 15.1 Å². The van der Waals surface area contributed by atoms with Gasteiger partial charge in [0, 0.05) is 25.2 Å². The van der Waals surface area contributed by atoms with Gasteiger partial charge >= 0.3 is 0 Å². The van der Waals surface area contributed by atoms with Gasteiger partial charge in [0.25, 0.3) is 0 Å². The van der Waals surface area contributed by atoms with Crippen LogP contribution in [0.2, 0.25) is 0 Å². The number of carbonyl (C=O) groups is 1. The van der Waals surface area contributed by atoms with Crippen LogP contribution in [0.5, 0.6) is 0 Å². The summed E-state index contributed by atoms with van der Waals surface area (Å²) in [4.78, 5) is 11.6. The van der Waals surface area contributed by atoms with Crippen molar-refractivity contribution in [3.05, 3.63) is 18.0 Å². The molecule has 1 aromatic heterocycles. The summed E-state index contributed by atoms with van der Waals surface area (Å²) in [5.74, 6) is 0.560. The Hall–Kier alpha value is -1.32. The lowest BCUT2D eigenvalue weighted by Crippen LogP contribution is -2.36. The summed E-state index contributed by atoms with van der Waals surface area (Å²) in [6.07, 6.45) is 4.23. The third-order valence-electron chi connectivity index (χ3n) is 2.72. The average Bonchev–Trinajstić information content (AvgIpc) is 2.61. The highest BCUT2D eigenvalue weighted by molar-refractivity contribution is 5.76. The molecule has 0 aliphatic rings. The molecular weight excluding hydrogens is 202 g/mol. The van der Waals surface area contributed by atoms with Crippen molar-refractivity contribution in [2.45, 2.75) is 46.7 Å². The maximum atomic E-state index is 11.6. The first-order valence-corrected chi connectivity index (χ1v) is 5.77. The fourth-order valence-electron chi connectivity index (χ4n) is 1.30. The molecule has 0 aromatic carbocycles.